The maximum Gasteiger partial charge on any atom is 0.331 e. The van der Waals surface area contributed by atoms with Gasteiger partial charge in [-0.15, -0.1) is 11.3 Å². The highest BCUT2D eigenvalue weighted by Gasteiger charge is 2.12. The van der Waals surface area contributed by atoms with Crippen molar-refractivity contribution in [2.24, 2.45) is 0 Å². The first-order valence-electron chi connectivity index (χ1n) is 6.34. The molecule has 0 amide bonds. The van der Waals surface area contributed by atoms with Gasteiger partial charge in [0.2, 0.25) is 5.78 Å². The summed E-state index contributed by atoms with van der Waals surface area (Å²) in [5.74, 6) is -1.06. The fraction of sp³-hybridized carbons (Fsp3) is 0.0667. The molecule has 0 aliphatic heterocycles. The van der Waals surface area contributed by atoms with Crippen LogP contribution in [0.3, 0.4) is 0 Å². The van der Waals surface area contributed by atoms with Gasteiger partial charge in [-0.1, -0.05) is 12.1 Å². The van der Waals surface area contributed by atoms with Gasteiger partial charge in [0.15, 0.2) is 6.61 Å². The maximum absolute atomic E-state index is 11.8. The highest BCUT2D eigenvalue weighted by atomic mass is 79.9. The maximum atomic E-state index is 11.8. The summed E-state index contributed by atoms with van der Waals surface area (Å²) in [5, 5.41) is 10.8. The standard InChI is InChI=1S/C15H10BrNO5S/c16-14-7-6-13(23-14)12(18)9-22-15(19)8-5-10-3-1-2-4-11(10)17(20)21/h1-8H,9H2/b8-5+. The highest BCUT2D eigenvalue weighted by molar-refractivity contribution is 9.11. The topological polar surface area (TPSA) is 86.5 Å². The van der Waals surface area contributed by atoms with Crippen LogP contribution in [0.2, 0.25) is 0 Å². The molecule has 0 N–H and O–H groups in total. The van der Waals surface area contributed by atoms with Gasteiger partial charge in [-0.05, 0) is 40.2 Å². The SMILES string of the molecule is O=C(/C=C/c1ccccc1[N+](=O)[O-])OCC(=O)c1ccc(Br)s1. The highest BCUT2D eigenvalue weighted by Crippen LogP contribution is 2.22. The summed E-state index contributed by atoms with van der Waals surface area (Å²) in [4.78, 5) is 34.2. The molecule has 0 aliphatic rings. The third kappa shape index (κ3) is 4.83. The van der Waals surface area contributed by atoms with Crippen molar-refractivity contribution in [1.82, 2.24) is 0 Å². The number of hydrogen-bond donors (Lipinski definition) is 0. The largest absolute Gasteiger partial charge is 0.454 e. The quantitative estimate of drug-likeness (QED) is 0.243. The number of thiophene rings is 1. The lowest BCUT2D eigenvalue weighted by molar-refractivity contribution is -0.385. The van der Waals surface area contributed by atoms with E-state index in [0.29, 0.717) is 4.88 Å². The van der Waals surface area contributed by atoms with E-state index in [1.807, 2.05) is 0 Å². The molecule has 0 atom stereocenters. The summed E-state index contributed by atoms with van der Waals surface area (Å²) in [6, 6.07) is 9.36. The summed E-state index contributed by atoms with van der Waals surface area (Å²) in [7, 11) is 0. The van der Waals surface area contributed by atoms with Gasteiger partial charge in [0.1, 0.15) is 0 Å². The van der Waals surface area contributed by atoms with Crippen LogP contribution >= 0.6 is 27.3 Å². The zero-order valence-electron chi connectivity index (χ0n) is 11.6. The van der Waals surface area contributed by atoms with Gasteiger partial charge in [0.05, 0.1) is 19.2 Å². The number of halogens is 1. The Balaban J connectivity index is 1.95. The second-order valence-electron chi connectivity index (χ2n) is 4.28. The molecule has 0 saturated carbocycles. The number of esters is 1. The monoisotopic (exact) mass is 395 g/mol. The number of nitro benzene ring substituents is 1. The van der Waals surface area contributed by atoms with Crippen LogP contribution < -0.4 is 0 Å². The first-order valence-corrected chi connectivity index (χ1v) is 7.95. The average molecular weight is 396 g/mol. The summed E-state index contributed by atoms with van der Waals surface area (Å²) in [5.41, 5.74) is 0.166. The smallest absolute Gasteiger partial charge is 0.331 e. The van der Waals surface area contributed by atoms with Crippen molar-refractivity contribution in [2.75, 3.05) is 6.61 Å². The predicted molar refractivity (Wildman–Crippen MR) is 89.4 cm³/mol. The molecule has 0 bridgehead atoms. The van der Waals surface area contributed by atoms with Gasteiger partial charge in [-0.3, -0.25) is 14.9 Å². The van der Waals surface area contributed by atoms with Crippen LogP contribution in [0.1, 0.15) is 15.2 Å². The van der Waals surface area contributed by atoms with Gasteiger partial charge in [0.25, 0.3) is 5.69 Å². The molecule has 0 aliphatic carbocycles. The molecule has 1 heterocycles. The number of nitro groups is 1. The third-order valence-electron chi connectivity index (χ3n) is 2.73. The molecule has 2 aromatic rings. The normalized spacial score (nSPS) is 10.7. The van der Waals surface area contributed by atoms with Crippen molar-refractivity contribution in [2.45, 2.75) is 0 Å². The van der Waals surface area contributed by atoms with Gasteiger partial charge in [-0.25, -0.2) is 4.79 Å². The van der Waals surface area contributed by atoms with Gasteiger partial charge >= 0.3 is 5.97 Å². The molecule has 118 valence electrons. The Morgan fingerprint density at radius 2 is 2.00 bits per heavy atom. The van der Waals surface area contributed by atoms with Crippen molar-refractivity contribution >= 4 is 50.8 Å². The van der Waals surface area contributed by atoms with Gasteiger partial charge in [0, 0.05) is 12.1 Å². The first-order chi connectivity index (χ1) is 11.0. The van der Waals surface area contributed by atoms with Crippen molar-refractivity contribution < 1.29 is 19.2 Å². The van der Waals surface area contributed by atoms with E-state index < -0.39 is 10.9 Å². The van der Waals surface area contributed by atoms with E-state index in [0.717, 1.165) is 9.86 Å². The fourth-order valence-corrected chi connectivity index (χ4v) is 2.98. The Kier molecular flexibility index (Phi) is 5.78. The van der Waals surface area contributed by atoms with Crippen LogP contribution in [0.5, 0.6) is 0 Å². The van der Waals surface area contributed by atoms with Crippen molar-refractivity contribution in [3.63, 3.8) is 0 Å². The number of Topliss-reactive ketones (excluding diaryl/α,β-unsaturated/α-hetero) is 1. The van der Waals surface area contributed by atoms with Crippen LogP contribution in [0, 0.1) is 10.1 Å². The lowest BCUT2D eigenvalue weighted by Crippen LogP contribution is -2.11. The minimum absolute atomic E-state index is 0.115. The van der Waals surface area contributed by atoms with E-state index in [1.165, 1.54) is 35.6 Å². The van der Waals surface area contributed by atoms with Gasteiger partial charge < -0.3 is 4.74 Å². The number of carbonyl (C=O) groups excluding carboxylic acids is 2. The summed E-state index contributed by atoms with van der Waals surface area (Å²) in [6.07, 6.45) is 2.34. The second-order valence-corrected chi connectivity index (χ2v) is 6.75. The first kappa shape index (κ1) is 17.0. The average Bonchev–Trinajstić information content (AvgIpc) is 2.97. The number of ketones is 1. The van der Waals surface area contributed by atoms with Crippen LogP contribution in [0.4, 0.5) is 5.69 Å². The third-order valence-corrected chi connectivity index (χ3v) is 4.39. The molecular weight excluding hydrogens is 386 g/mol. The number of carbonyl (C=O) groups is 2. The molecule has 0 spiro atoms. The molecule has 0 radical (unpaired) electrons. The minimum atomic E-state index is -0.743. The number of para-hydroxylation sites is 1. The van der Waals surface area contributed by atoms with E-state index in [9.17, 15) is 19.7 Å². The molecule has 0 fully saturated rings. The van der Waals surface area contributed by atoms with Crippen LogP contribution in [0.15, 0.2) is 46.3 Å². The molecule has 0 unspecified atom stereocenters. The number of benzene rings is 1. The van der Waals surface area contributed by atoms with E-state index >= 15 is 0 Å². The molecule has 1 aromatic heterocycles. The zero-order chi connectivity index (χ0) is 16.8. The predicted octanol–water partition coefficient (Wildman–Crippen LogP) is 3.86. The van der Waals surface area contributed by atoms with E-state index in [2.05, 4.69) is 15.9 Å². The van der Waals surface area contributed by atoms with Crippen LogP contribution in [-0.2, 0) is 9.53 Å². The molecule has 8 heteroatoms. The molecule has 1 aromatic carbocycles. The lowest BCUT2D eigenvalue weighted by Gasteiger charge is -2.00. The Labute approximate surface area is 143 Å². The van der Waals surface area contributed by atoms with E-state index in [4.69, 9.17) is 4.74 Å². The number of rotatable bonds is 6. The fourth-order valence-electron chi connectivity index (χ4n) is 1.67. The molecule has 2 rings (SSSR count). The molecule has 23 heavy (non-hydrogen) atoms. The molecule has 6 nitrogen and oxygen atoms in total. The zero-order valence-corrected chi connectivity index (χ0v) is 14.0. The Bertz CT molecular complexity index is 784. The van der Waals surface area contributed by atoms with Crippen molar-refractivity contribution in [1.29, 1.82) is 0 Å². The van der Waals surface area contributed by atoms with Gasteiger partial charge in [-0.2, -0.15) is 0 Å². The van der Waals surface area contributed by atoms with Crippen molar-refractivity contribution in [3.05, 3.63) is 66.8 Å². The number of nitrogens with zero attached hydrogens (tertiary/aromatic N) is 1. The second kappa shape index (κ2) is 7.80. The van der Waals surface area contributed by atoms with Crippen LogP contribution in [0.25, 0.3) is 6.08 Å². The number of ether oxygens (including phenoxy) is 1. The molecule has 0 saturated heterocycles. The Hall–Kier alpha value is -2.32. The summed E-state index contributed by atoms with van der Waals surface area (Å²) < 4.78 is 5.64. The Morgan fingerprint density at radius 3 is 2.65 bits per heavy atom. The molecular formula is C15H10BrNO5S. The van der Waals surface area contributed by atoms with E-state index in [-0.39, 0.29) is 23.6 Å². The van der Waals surface area contributed by atoms with Crippen LogP contribution in [-0.4, -0.2) is 23.3 Å². The summed E-state index contributed by atoms with van der Waals surface area (Å²) >= 11 is 4.49. The summed E-state index contributed by atoms with van der Waals surface area (Å²) in [6.45, 7) is -0.382. The lowest BCUT2D eigenvalue weighted by atomic mass is 10.1. The van der Waals surface area contributed by atoms with Crippen molar-refractivity contribution in [3.8, 4) is 0 Å². The minimum Gasteiger partial charge on any atom is -0.454 e. The number of hydrogen-bond acceptors (Lipinski definition) is 6. The van der Waals surface area contributed by atoms with E-state index in [1.54, 1.807) is 18.2 Å². The Morgan fingerprint density at radius 1 is 1.26 bits per heavy atom.